The molecule has 2 fully saturated rings. The summed E-state index contributed by atoms with van der Waals surface area (Å²) in [6.45, 7) is 2.78. The molecule has 0 spiro atoms. The van der Waals surface area contributed by atoms with E-state index in [4.69, 9.17) is 0 Å². The Morgan fingerprint density at radius 2 is 2.04 bits per heavy atom. The van der Waals surface area contributed by atoms with E-state index in [9.17, 15) is 12.8 Å². The molecule has 4 rings (SSSR count). The SMILES string of the molecule is Cc1cnn(-c2ccc(S(=O)(=O)N3CCC4CCC(C3)N4)cc2F)c1. The molecule has 2 aromatic rings. The van der Waals surface area contributed by atoms with Crippen LogP contribution in [0.15, 0.2) is 35.5 Å². The first-order chi connectivity index (χ1) is 11.9. The molecule has 2 aliphatic heterocycles. The second-order valence-corrected chi connectivity index (χ2v) is 8.80. The van der Waals surface area contributed by atoms with E-state index < -0.39 is 15.8 Å². The first kappa shape index (κ1) is 16.7. The third kappa shape index (κ3) is 3.09. The first-order valence-electron chi connectivity index (χ1n) is 8.51. The van der Waals surface area contributed by atoms with Crippen LogP contribution in [0.2, 0.25) is 0 Å². The van der Waals surface area contributed by atoms with Gasteiger partial charge in [-0.2, -0.15) is 9.40 Å². The van der Waals surface area contributed by atoms with E-state index in [2.05, 4.69) is 10.4 Å². The highest BCUT2D eigenvalue weighted by molar-refractivity contribution is 7.89. The van der Waals surface area contributed by atoms with Gasteiger partial charge in [-0.15, -0.1) is 0 Å². The van der Waals surface area contributed by atoms with Gasteiger partial charge in [-0.1, -0.05) is 0 Å². The van der Waals surface area contributed by atoms with Crippen LogP contribution in [0.3, 0.4) is 0 Å². The number of hydrogen-bond acceptors (Lipinski definition) is 4. The largest absolute Gasteiger partial charge is 0.310 e. The van der Waals surface area contributed by atoms with Crippen molar-refractivity contribution in [3.8, 4) is 5.69 Å². The minimum absolute atomic E-state index is 0.00426. The fourth-order valence-electron chi connectivity index (χ4n) is 3.66. The van der Waals surface area contributed by atoms with Crippen molar-refractivity contribution in [2.24, 2.45) is 0 Å². The molecule has 1 aromatic carbocycles. The molecule has 0 aliphatic carbocycles. The summed E-state index contributed by atoms with van der Waals surface area (Å²) in [7, 11) is -3.70. The summed E-state index contributed by atoms with van der Waals surface area (Å²) >= 11 is 0. The van der Waals surface area contributed by atoms with Gasteiger partial charge in [-0.25, -0.2) is 17.5 Å². The molecule has 0 saturated carbocycles. The van der Waals surface area contributed by atoms with Gasteiger partial charge in [-0.05, 0) is 49.9 Å². The number of fused-ring (bicyclic) bond motifs is 2. The molecule has 8 heteroatoms. The van der Waals surface area contributed by atoms with Gasteiger partial charge in [0.25, 0.3) is 0 Å². The lowest BCUT2D eigenvalue weighted by Gasteiger charge is -2.23. The molecule has 2 saturated heterocycles. The van der Waals surface area contributed by atoms with E-state index in [1.165, 1.54) is 21.1 Å². The van der Waals surface area contributed by atoms with Crippen LogP contribution in [0.4, 0.5) is 4.39 Å². The van der Waals surface area contributed by atoms with Gasteiger partial charge < -0.3 is 5.32 Å². The Labute approximate surface area is 146 Å². The van der Waals surface area contributed by atoms with E-state index in [1.807, 2.05) is 6.92 Å². The lowest BCUT2D eigenvalue weighted by atomic mass is 10.1. The Balaban J connectivity index is 1.63. The summed E-state index contributed by atoms with van der Waals surface area (Å²) in [5, 5.41) is 7.53. The van der Waals surface area contributed by atoms with Crippen LogP contribution < -0.4 is 5.32 Å². The smallest absolute Gasteiger partial charge is 0.243 e. The van der Waals surface area contributed by atoms with Crippen LogP contribution in [0.5, 0.6) is 0 Å². The highest BCUT2D eigenvalue weighted by Gasteiger charge is 2.35. The van der Waals surface area contributed by atoms with Crippen molar-refractivity contribution < 1.29 is 12.8 Å². The average Bonchev–Trinajstić information content (AvgIpc) is 3.12. The maximum Gasteiger partial charge on any atom is 0.243 e. The zero-order chi connectivity index (χ0) is 17.6. The van der Waals surface area contributed by atoms with E-state index in [0.29, 0.717) is 19.1 Å². The molecule has 2 aliphatic rings. The van der Waals surface area contributed by atoms with Gasteiger partial charge in [0.1, 0.15) is 11.5 Å². The lowest BCUT2D eigenvalue weighted by molar-refractivity contribution is 0.383. The molecule has 1 aromatic heterocycles. The Hall–Kier alpha value is -1.77. The molecule has 2 unspecified atom stereocenters. The van der Waals surface area contributed by atoms with Gasteiger partial charge >= 0.3 is 0 Å². The minimum atomic E-state index is -3.70. The average molecular weight is 364 g/mol. The van der Waals surface area contributed by atoms with E-state index >= 15 is 0 Å². The number of benzene rings is 1. The molecular weight excluding hydrogens is 343 g/mol. The molecule has 25 heavy (non-hydrogen) atoms. The van der Waals surface area contributed by atoms with Crippen molar-refractivity contribution in [1.29, 1.82) is 0 Å². The van der Waals surface area contributed by atoms with Gasteiger partial charge in [0.15, 0.2) is 0 Å². The van der Waals surface area contributed by atoms with Gasteiger partial charge in [-0.3, -0.25) is 0 Å². The van der Waals surface area contributed by atoms with Crippen molar-refractivity contribution in [2.75, 3.05) is 13.1 Å². The fourth-order valence-corrected chi connectivity index (χ4v) is 5.17. The third-order valence-corrected chi connectivity index (χ3v) is 6.86. The fraction of sp³-hybridized carbons (Fsp3) is 0.471. The Kier molecular flexibility index (Phi) is 4.13. The highest BCUT2D eigenvalue weighted by Crippen LogP contribution is 2.26. The number of nitrogens with zero attached hydrogens (tertiary/aromatic N) is 3. The number of rotatable bonds is 3. The molecule has 0 amide bonds. The standard InChI is InChI=1S/C17H21FN4O2S/c1-12-9-19-22(10-12)17-5-4-15(8-16(17)18)25(23,24)21-7-6-13-2-3-14(11-21)20-13/h4-5,8-10,13-14,20H,2-3,6-7,11H2,1H3. The molecule has 6 nitrogen and oxygen atoms in total. The van der Waals surface area contributed by atoms with Gasteiger partial charge in [0.2, 0.25) is 10.0 Å². The number of sulfonamides is 1. The molecule has 134 valence electrons. The van der Waals surface area contributed by atoms with Crippen LogP contribution in [-0.4, -0.2) is 47.7 Å². The maximum atomic E-state index is 14.5. The zero-order valence-electron chi connectivity index (χ0n) is 14.0. The van der Waals surface area contributed by atoms with Crippen molar-refractivity contribution in [1.82, 2.24) is 19.4 Å². The predicted molar refractivity (Wildman–Crippen MR) is 91.6 cm³/mol. The quantitative estimate of drug-likeness (QED) is 0.902. The minimum Gasteiger partial charge on any atom is -0.310 e. The summed E-state index contributed by atoms with van der Waals surface area (Å²) in [6.07, 6.45) is 6.21. The number of aromatic nitrogens is 2. The Morgan fingerprint density at radius 1 is 1.24 bits per heavy atom. The number of hydrogen-bond donors (Lipinski definition) is 1. The summed E-state index contributed by atoms with van der Waals surface area (Å²) in [6, 6.07) is 4.61. The Bertz CT molecular complexity index is 896. The van der Waals surface area contributed by atoms with E-state index in [0.717, 1.165) is 30.9 Å². The lowest BCUT2D eigenvalue weighted by Crippen LogP contribution is -2.39. The summed E-state index contributed by atoms with van der Waals surface area (Å²) in [5.74, 6) is -0.598. The van der Waals surface area contributed by atoms with Crippen LogP contribution >= 0.6 is 0 Å². The van der Waals surface area contributed by atoms with Crippen LogP contribution in [0.1, 0.15) is 24.8 Å². The van der Waals surface area contributed by atoms with Crippen molar-refractivity contribution in [3.05, 3.63) is 42.0 Å². The van der Waals surface area contributed by atoms with Crippen LogP contribution in [0.25, 0.3) is 5.69 Å². The number of halogens is 1. The van der Waals surface area contributed by atoms with Crippen molar-refractivity contribution >= 4 is 10.0 Å². The molecule has 2 atom stereocenters. The summed E-state index contributed by atoms with van der Waals surface area (Å²) in [5.41, 5.74) is 1.15. The molecule has 3 heterocycles. The van der Waals surface area contributed by atoms with Crippen LogP contribution in [0, 0.1) is 12.7 Å². The molecule has 0 radical (unpaired) electrons. The highest BCUT2D eigenvalue weighted by atomic mass is 32.2. The predicted octanol–water partition coefficient (Wildman–Crippen LogP) is 1.83. The molecular formula is C17H21FN4O2S. The first-order valence-corrected chi connectivity index (χ1v) is 9.95. The second kappa shape index (κ2) is 6.19. The number of nitrogens with one attached hydrogen (secondary N) is 1. The zero-order valence-corrected chi connectivity index (χ0v) is 14.8. The molecule has 1 N–H and O–H groups in total. The van der Waals surface area contributed by atoms with Gasteiger partial charge in [0, 0.05) is 31.4 Å². The normalized spacial score (nSPS) is 24.4. The van der Waals surface area contributed by atoms with E-state index in [1.54, 1.807) is 12.4 Å². The van der Waals surface area contributed by atoms with E-state index in [-0.39, 0.29) is 16.6 Å². The van der Waals surface area contributed by atoms with Gasteiger partial charge in [0.05, 0.1) is 11.1 Å². The van der Waals surface area contributed by atoms with Crippen LogP contribution in [-0.2, 0) is 10.0 Å². The number of aryl methyl sites for hydroxylation is 1. The maximum absolute atomic E-state index is 14.5. The Morgan fingerprint density at radius 3 is 2.76 bits per heavy atom. The van der Waals surface area contributed by atoms with Crippen molar-refractivity contribution in [2.45, 2.75) is 43.2 Å². The monoisotopic (exact) mass is 364 g/mol. The summed E-state index contributed by atoms with van der Waals surface area (Å²) in [4.78, 5) is -0.00426. The second-order valence-electron chi connectivity index (χ2n) is 6.87. The molecule has 2 bridgehead atoms. The summed E-state index contributed by atoms with van der Waals surface area (Å²) < 4.78 is 43.3. The third-order valence-electron chi connectivity index (χ3n) is 5.00. The van der Waals surface area contributed by atoms with Crippen molar-refractivity contribution in [3.63, 3.8) is 0 Å². The topological polar surface area (TPSA) is 67.2 Å².